The van der Waals surface area contributed by atoms with Gasteiger partial charge in [0.25, 0.3) is 0 Å². The fourth-order valence-electron chi connectivity index (χ4n) is 3.92. The molecule has 194 valence electrons. The van der Waals surface area contributed by atoms with Crippen LogP contribution in [-0.4, -0.2) is 133 Å². The number of carboxylic acid groups (broad SMARTS) is 1. The smallest absolute Gasteiger partial charge is 0.397 e. The van der Waals surface area contributed by atoms with E-state index >= 15 is 0 Å². The molecule has 0 saturated carbocycles. The highest BCUT2D eigenvalue weighted by Gasteiger charge is 2.54. The molecule has 0 aromatic heterocycles. The summed E-state index contributed by atoms with van der Waals surface area (Å²) in [6.45, 7) is -0.676. The number of methoxy groups -OCH3 is 5. The summed E-state index contributed by atoms with van der Waals surface area (Å²) in [6.07, 6.45) is -12.3. The number of rotatable bonds is 11. The van der Waals surface area contributed by atoms with E-state index in [1.54, 1.807) is 0 Å². The monoisotopic (exact) mass is 506 g/mol. The molecule has 2 aliphatic rings. The first-order valence-corrected chi connectivity index (χ1v) is 11.0. The zero-order chi connectivity index (χ0) is 24.9. The van der Waals surface area contributed by atoms with Crippen LogP contribution in [0.25, 0.3) is 0 Å². The Balaban J connectivity index is 2.37. The predicted octanol–water partition coefficient (Wildman–Crippen LogP) is -2.21. The van der Waals surface area contributed by atoms with Gasteiger partial charge in [-0.1, -0.05) is 0 Å². The Morgan fingerprint density at radius 1 is 0.818 bits per heavy atom. The molecule has 0 aliphatic carbocycles. The number of hydrogen-bond donors (Lipinski definition) is 3. The number of carboxylic acids is 1. The van der Waals surface area contributed by atoms with Gasteiger partial charge in [0.2, 0.25) is 0 Å². The lowest BCUT2D eigenvalue weighted by Gasteiger charge is -2.48. The van der Waals surface area contributed by atoms with Gasteiger partial charge in [0.15, 0.2) is 18.7 Å². The van der Waals surface area contributed by atoms with E-state index in [0.717, 1.165) is 0 Å². The van der Waals surface area contributed by atoms with Crippen LogP contribution in [0.15, 0.2) is 0 Å². The molecule has 10 atom stereocenters. The highest BCUT2D eigenvalue weighted by atomic mass is 32.3. The second-order valence-electron chi connectivity index (χ2n) is 7.14. The summed E-state index contributed by atoms with van der Waals surface area (Å²) in [5.74, 6) is -1.45. The van der Waals surface area contributed by atoms with E-state index in [1.165, 1.54) is 35.5 Å². The standard InChI is InChI=1S/C17H30O15S/c1-24-8-7(6-29-33(21,22)23)30-17(14(28-5)9(8)25-2)32-11-10(26-3)13(27-4)16(20)31-12(11)15(18)19/h7-14,16-17,20H,6H2,1-5H3,(H,18,19)(H,21,22,23)/t7-,8+,9?,10?,11-,12+,13?,14?,16+,17+/m0/s1. The van der Waals surface area contributed by atoms with Crippen molar-refractivity contribution in [3.05, 3.63) is 0 Å². The van der Waals surface area contributed by atoms with E-state index in [-0.39, 0.29) is 0 Å². The van der Waals surface area contributed by atoms with Crippen molar-refractivity contribution in [2.45, 2.75) is 61.4 Å². The zero-order valence-electron chi connectivity index (χ0n) is 18.6. The molecule has 0 spiro atoms. The average Bonchev–Trinajstić information content (AvgIpc) is 2.76. The minimum Gasteiger partial charge on any atom is -0.479 e. The van der Waals surface area contributed by atoms with Crippen LogP contribution in [0.1, 0.15) is 0 Å². The van der Waals surface area contributed by atoms with E-state index in [9.17, 15) is 23.4 Å². The summed E-state index contributed by atoms with van der Waals surface area (Å²) in [7, 11) is 1.70. The highest BCUT2D eigenvalue weighted by Crippen LogP contribution is 2.33. The van der Waals surface area contributed by atoms with Crippen molar-refractivity contribution in [1.82, 2.24) is 0 Å². The molecule has 2 fully saturated rings. The Morgan fingerprint density at radius 2 is 1.33 bits per heavy atom. The Hall–Kier alpha value is -1.02. The van der Waals surface area contributed by atoms with Crippen LogP contribution in [-0.2, 0) is 57.3 Å². The topological polar surface area (TPSA) is 195 Å². The third-order valence-corrected chi connectivity index (χ3v) is 5.81. The van der Waals surface area contributed by atoms with Crippen LogP contribution in [0.2, 0.25) is 0 Å². The average molecular weight is 506 g/mol. The lowest BCUT2D eigenvalue weighted by molar-refractivity contribution is -0.358. The molecule has 0 aromatic rings. The molecule has 2 saturated heterocycles. The number of aliphatic hydroxyl groups is 1. The maximum atomic E-state index is 11.8. The summed E-state index contributed by atoms with van der Waals surface area (Å²) in [5, 5.41) is 19.7. The lowest BCUT2D eigenvalue weighted by Crippen LogP contribution is -2.66. The summed E-state index contributed by atoms with van der Waals surface area (Å²) < 4.78 is 79.1. The minimum absolute atomic E-state index is 0.676. The third-order valence-electron chi connectivity index (χ3n) is 5.38. The molecule has 4 unspecified atom stereocenters. The van der Waals surface area contributed by atoms with Gasteiger partial charge in [-0.15, -0.1) is 0 Å². The Morgan fingerprint density at radius 3 is 1.79 bits per heavy atom. The second kappa shape index (κ2) is 12.1. The quantitative estimate of drug-likeness (QED) is 0.255. The number of aliphatic hydroxyl groups excluding tert-OH is 1. The molecule has 2 heterocycles. The molecule has 2 aliphatic heterocycles. The summed E-state index contributed by atoms with van der Waals surface area (Å²) in [4.78, 5) is 11.8. The SMILES string of the molecule is COC1C(OC)[C@H](OC)[C@H](COS(=O)(=O)O)O[C@@H]1O[C@H]1C(OC)C(OC)[C@H](O)O[C@H]1C(=O)O. The van der Waals surface area contributed by atoms with Crippen LogP contribution in [0, 0.1) is 0 Å². The minimum atomic E-state index is -4.80. The fourth-order valence-corrected chi connectivity index (χ4v) is 4.23. The van der Waals surface area contributed by atoms with Crippen molar-refractivity contribution < 1.29 is 70.1 Å². The van der Waals surface area contributed by atoms with Gasteiger partial charge in [-0.2, -0.15) is 8.42 Å². The van der Waals surface area contributed by atoms with Crippen molar-refractivity contribution in [2.75, 3.05) is 42.2 Å². The molecule has 0 amide bonds. The lowest BCUT2D eigenvalue weighted by atomic mass is 9.96. The van der Waals surface area contributed by atoms with Crippen molar-refractivity contribution in [1.29, 1.82) is 0 Å². The maximum Gasteiger partial charge on any atom is 0.397 e. The van der Waals surface area contributed by atoms with Crippen LogP contribution < -0.4 is 0 Å². The molecular formula is C17H30O15S. The van der Waals surface area contributed by atoms with E-state index < -0.39 is 84.4 Å². The van der Waals surface area contributed by atoms with Crippen LogP contribution in [0.4, 0.5) is 0 Å². The van der Waals surface area contributed by atoms with E-state index in [0.29, 0.717) is 0 Å². The number of hydrogen-bond acceptors (Lipinski definition) is 13. The van der Waals surface area contributed by atoms with Gasteiger partial charge in [0.05, 0.1) is 6.61 Å². The first-order chi connectivity index (χ1) is 15.5. The normalized spacial score (nSPS) is 40.0. The summed E-state index contributed by atoms with van der Waals surface area (Å²) in [5.41, 5.74) is 0. The third kappa shape index (κ3) is 6.56. The van der Waals surface area contributed by atoms with Gasteiger partial charge in [-0.05, 0) is 0 Å². The molecule has 3 N–H and O–H groups in total. The van der Waals surface area contributed by atoms with Crippen molar-refractivity contribution in [2.24, 2.45) is 0 Å². The largest absolute Gasteiger partial charge is 0.479 e. The highest BCUT2D eigenvalue weighted by molar-refractivity contribution is 7.80. The Labute approximate surface area is 190 Å². The van der Waals surface area contributed by atoms with Crippen molar-refractivity contribution in [3.8, 4) is 0 Å². The van der Waals surface area contributed by atoms with Crippen molar-refractivity contribution in [3.63, 3.8) is 0 Å². The van der Waals surface area contributed by atoms with Crippen LogP contribution in [0.5, 0.6) is 0 Å². The van der Waals surface area contributed by atoms with E-state index in [4.69, 9.17) is 42.4 Å². The molecule has 2 rings (SSSR count). The zero-order valence-corrected chi connectivity index (χ0v) is 19.4. The van der Waals surface area contributed by atoms with Crippen LogP contribution >= 0.6 is 0 Å². The first-order valence-electron chi connectivity index (χ1n) is 9.65. The predicted molar refractivity (Wildman–Crippen MR) is 104 cm³/mol. The number of aliphatic carboxylic acids is 1. The number of ether oxygens (including phenoxy) is 8. The molecule has 33 heavy (non-hydrogen) atoms. The maximum absolute atomic E-state index is 11.8. The van der Waals surface area contributed by atoms with Crippen molar-refractivity contribution >= 4 is 16.4 Å². The molecule has 16 heteroatoms. The fraction of sp³-hybridized carbons (Fsp3) is 0.941. The summed E-state index contributed by atoms with van der Waals surface area (Å²) >= 11 is 0. The van der Waals surface area contributed by atoms with Gasteiger partial charge in [0.1, 0.15) is 42.7 Å². The van der Waals surface area contributed by atoms with Gasteiger partial charge >= 0.3 is 16.4 Å². The Kier molecular flexibility index (Phi) is 10.3. The summed E-state index contributed by atoms with van der Waals surface area (Å²) in [6, 6.07) is 0. The van der Waals surface area contributed by atoms with Crippen LogP contribution in [0.3, 0.4) is 0 Å². The van der Waals surface area contributed by atoms with Gasteiger partial charge < -0.3 is 48.1 Å². The second-order valence-corrected chi connectivity index (χ2v) is 8.23. The Bertz CT molecular complexity index is 732. The molecule has 0 bridgehead atoms. The first kappa shape index (κ1) is 28.2. The van der Waals surface area contributed by atoms with Gasteiger partial charge in [0, 0.05) is 35.5 Å². The van der Waals surface area contributed by atoms with Gasteiger partial charge in [-0.25, -0.2) is 8.98 Å². The molecular weight excluding hydrogens is 476 g/mol. The van der Waals surface area contributed by atoms with E-state index in [1.807, 2.05) is 0 Å². The molecule has 0 radical (unpaired) electrons. The number of carbonyl (C=O) groups is 1. The molecule has 0 aromatic carbocycles. The molecule has 15 nitrogen and oxygen atoms in total. The van der Waals surface area contributed by atoms with E-state index in [2.05, 4.69) is 4.18 Å². The van der Waals surface area contributed by atoms with Gasteiger partial charge in [-0.3, -0.25) is 4.55 Å².